The number of carbonyl (C=O) groups excluding carboxylic acids is 3. The summed E-state index contributed by atoms with van der Waals surface area (Å²) < 4.78 is 28.8. The van der Waals surface area contributed by atoms with E-state index in [0.29, 0.717) is 28.0 Å². The molecule has 1 fully saturated rings. The maximum absolute atomic E-state index is 13.4. The minimum absolute atomic E-state index is 0.191. The van der Waals surface area contributed by atoms with Crippen LogP contribution in [0.4, 0.5) is 0 Å². The summed E-state index contributed by atoms with van der Waals surface area (Å²) in [5.74, 6) is 1.02. The van der Waals surface area contributed by atoms with E-state index < -0.39 is 18.1 Å². The van der Waals surface area contributed by atoms with Gasteiger partial charge in [0, 0.05) is 23.7 Å². The summed E-state index contributed by atoms with van der Waals surface area (Å²) in [6.45, 7) is 2.00. The van der Waals surface area contributed by atoms with Gasteiger partial charge in [0.2, 0.25) is 0 Å². The first-order valence-electron chi connectivity index (χ1n) is 13.6. The van der Waals surface area contributed by atoms with Gasteiger partial charge in [0.1, 0.15) is 11.9 Å². The third kappa shape index (κ3) is 7.06. The fourth-order valence-electron chi connectivity index (χ4n) is 4.90. The quantitative estimate of drug-likeness (QED) is 0.452. The number of hydrogen-bond donors (Lipinski definition) is 2. The molecule has 2 atom stereocenters. The van der Waals surface area contributed by atoms with Crippen molar-refractivity contribution in [1.82, 2.24) is 15.5 Å². The molecule has 3 aromatic carbocycles. The minimum atomic E-state index is -0.603. The number of carbonyl (C=O) groups is 3. The van der Waals surface area contributed by atoms with Gasteiger partial charge in [-0.05, 0) is 66.6 Å². The molecule has 0 radical (unpaired) electrons. The Labute approximate surface area is 253 Å². The lowest BCUT2D eigenvalue weighted by atomic mass is 10.1. The summed E-state index contributed by atoms with van der Waals surface area (Å²) in [5.41, 5.74) is 1.88. The monoisotopic (exact) mass is 609 g/mol. The number of methoxy groups -OCH3 is 2. The molecule has 2 N–H and O–H groups in total. The number of nitrogens with zero attached hydrogens (tertiary/aromatic N) is 1. The van der Waals surface area contributed by atoms with Crippen molar-refractivity contribution in [2.24, 2.45) is 0 Å². The van der Waals surface area contributed by atoms with Crippen LogP contribution in [0.3, 0.4) is 0 Å². The second kappa shape index (κ2) is 13.1. The fraction of sp³-hybridized carbons (Fsp3) is 0.323. The molecule has 1 saturated heterocycles. The zero-order chi connectivity index (χ0) is 30.5. The van der Waals surface area contributed by atoms with E-state index in [4.69, 9.17) is 35.3 Å². The lowest BCUT2D eigenvalue weighted by Gasteiger charge is -2.22. The van der Waals surface area contributed by atoms with E-state index in [1.54, 1.807) is 53.4 Å². The van der Waals surface area contributed by atoms with Crippen molar-refractivity contribution < 1.29 is 38.1 Å². The first-order valence-corrected chi connectivity index (χ1v) is 14.0. The number of likely N-dealkylation sites (tertiary alicyclic amines) is 1. The van der Waals surface area contributed by atoms with Gasteiger partial charge in [0.25, 0.3) is 17.7 Å². The Bertz CT molecular complexity index is 1530. The first-order chi connectivity index (χ1) is 20.7. The molecule has 0 saturated carbocycles. The van der Waals surface area contributed by atoms with Crippen LogP contribution in [0.1, 0.15) is 21.5 Å². The molecule has 43 heavy (non-hydrogen) atoms. The van der Waals surface area contributed by atoms with Gasteiger partial charge in [-0.25, -0.2) is 0 Å². The van der Waals surface area contributed by atoms with E-state index >= 15 is 0 Å². The van der Waals surface area contributed by atoms with E-state index in [-0.39, 0.29) is 56.0 Å². The van der Waals surface area contributed by atoms with Gasteiger partial charge in [-0.15, -0.1) is 0 Å². The second-order valence-electron chi connectivity index (χ2n) is 10.1. The van der Waals surface area contributed by atoms with Crippen molar-refractivity contribution in [2.75, 3.05) is 40.5 Å². The molecule has 11 nitrogen and oxygen atoms in total. The van der Waals surface area contributed by atoms with Gasteiger partial charge < -0.3 is 39.2 Å². The number of aryl methyl sites for hydroxylation is 1. The summed E-state index contributed by atoms with van der Waals surface area (Å²) >= 11 is 6.04. The summed E-state index contributed by atoms with van der Waals surface area (Å²) in [5, 5.41) is 6.38. The molecule has 3 aliphatic rings. The number of nitrogens with one attached hydrogen (secondary N) is 2. The second-order valence-corrected chi connectivity index (χ2v) is 10.6. The van der Waals surface area contributed by atoms with Crippen molar-refractivity contribution in [2.45, 2.75) is 25.6 Å². The molecule has 0 aromatic heterocycles. The molecule has 12 heteroatoms. The summed E-state index contributed by atoms with van der Waals surface area (Å²) in [4.78, 5) is 40.7. The van der Waals surface area contributed by atoms with Crippen LogP contribution in [0.2, 0.25) is 5.02 Å². The molecular formula is C31H32ClN3O8. The number of hydrogen-bond acceptors (Lipinski definition) is 8. The summed E-state index contributed by atoms with van der Waals surface area (Å²) in [6, 6.07) is 14.6. The number of benzene rings is 3. The first kappa shape index (κ1) is 29.8. The van der Waals surface area contributed by atoms with Crippen LogP contribution in [0.15, 0.2) is 54.6 Å². The van der Waals surface area contributed by atoms with Gasteiger partial charge in [-0.2, -0.15) is 0 Å². The number of rotatable bonds is 5. The zero-order valence-electron chi connectivity index (χ0n) is 24.0. The smallest absolute Gasteiger partial charge is 0.260 e. The highest BCUT2D eigenvalue weighted by Crippen LogP contribution is 2.32. The molecule has 3 heterocycles. The topological polar surface area (TPSA) is 125 Å². The Kier molecular flexibility index (Phi) is 9.10. The van der Waals surface area contributed by atoms with Crippen LogP contribution in [0.25, 0.3) is 0 Å². The Morgan fingerprint density at radius 3 is 2.53 bits per heavy atom. The van der Waals surface area contributed by atoms with Crippen molar-refractivity contribution >= 4 is 29.3 Å². The van der Waals surface area contributed by atoms with Gasteiger partial charge >= 0.3 is 0 Å². The van der Waals surface area contributed by atoms with Crippen molar-refractivity contribution in [3.8, 4) is 28.7 Å². The number of ether oxygens (including phenoxy) is 5. The normalized spacial score (nSPS) is 18.4. The van der Waals surface area contributed by atoms with E-state index in [9.17, 15) is 14.4 Å². The van der Waals surface area contributed by atoms with Crippen molar-refractivity contribution in [1.29, 1.82) is 0 Å². The largest absolute Gasteiger partial charge is 0.493 e. The SMILES string of the molecule is COc1ccc2cc1OCC(=O)NCc1ccc(c(OC)c1)O[C@H]1CN(C(=O)COc3ccc(Cl)cc3C)C[C@@H]1NC2=O. The Hall–Kier alpha value is -4.64. The van der Waals surface area contributed by atoms with Crippen LogP contribution in [0.5, 0.6) is 28.7 Å². The number of halogens is 1. The maximum Gasteiger partial charge on any atom is 0.260 e. The molecule has 3 aromatic rings. The van der Waals surface area contributed by atoms with Gasteiger partial charge in [0.05, 0.1) is 26.8 Å². The van der Waals surface area contributed by atoms with Crippen LogP contribution in [-0.2, 0) is 16.1 Å². The maximum atomic E-state index is 13.4. The highest BCUT2D eigenvalue weighted by molar-refractivity contribution is 6.30. The third-order valence-electron chi connectivity index (χ3n) is 7.20. The lowest BCUT2D eigenvalue weighted by molar-refractivity contribution is -0.132. The highest BCUT2D eigenvalue weighted by Gasteiger charge is 2.38. The van der Waals surface area contributed by atoms with E-state index in [1.807, 2.05) is 6.92 Å². The Balaban J connectivity index is 1.41. The molecule has 6 rings (SSSR count). The third-order valence-corrected chi connectivity index (χ3v) is 7.44. The minimum Gasteiger partial charge on any atom is -0.493 e. The van der Waals surface area contributed by atoms with Gasteiger partial charge in [0.15, 0.2) is 36.2 Å². The average molecular weight is 610 g/mol. The molecule has 0 spiro atoms. The van der Waals surface area contributed by atoms with Crippen molar-refractivity contribution in [3.63, 3.8) is 0 Å². The van der Waals surface area contributed by atoms with Crippen LogP contribution < -0.4 is 34.3 Å². The summed E-state index contributed by atoms with van der Waals surface area (Å²) in [7, 11) is 2.99. The molecule has 3 amide bonds. The molecule has 226 valence electrons. The standard InChI is InChI=1S/C31H32ClN3O8/c1-18-10-21(32)6-9-23(18)42-17-30(37)35-14-22-28(15-35)43-25-7-4-19(11-26(25)40-3)13-33-29(36)16-41-27-12-20(31(38)34-22)5-8-24(27)39-2/h4-12,22,28H,13-17H2,1-3H3,(H,33,36)(H,34,38)/t22-,28-/m0/s1. The van der Waals surface area contributed by atoms with Crippen LogP contribution in [0, 0.1) is 6.92 Å². The van der Waals surface area contributed by atoms with E-state index in [1.165, 1.54) is 20.3 Å². The van der Waals surface area contributed by atoms with E-state index in [0.717, 1.165) is 11.1 Å². The number of amides is 3. The predicted octanol–water partition coefficient (Wildman–Crippen LogP) is 3.14. The van der Waals surface area contributed by atoms with E-state index in [2.05, 4.69) is 10.6 Å². The molecule has 0 aliphatic carbocycles. The average Bonchev–Trinajstić information content (AvgIpc) is 3.40. The molecule has 4 bridgehead atoms. The van der Waals surface area contributed by atoms with Crippen LogP contribution >= 0.6 is 11.6 Å². The fourth-order valence-corrected chi connectivity index (χ4v) is 5.13. The molecule has 3 aliphatic heterocycles. The van der Waals surface area contributed by atoms with Crippen LogP contribution in [-0.4, -0.2) is 75.3 Å². The van der Waals surface area contributed by atoms with Gasteiger partial charge in [-0.3, -0.25) is 14.4 Å². The number of fused-ring (bicyclic) bond motifs is 7. The van der Waals surface area contributed by atoms with Gasteiger partial charge in [-0.1, -0.05) is 17.7 Å². The molecular weight excluding hydrogens is 578 g/mol. The van der Waals surface area contributed by atoms with Crippen molar-refractivity contribution in [3.05, 3.63) is 76.3 Å². The Morgan fingerprint density at radius 1 is 0.977 bits per heavy atom. The zero-order valence-corrected chi connectivity index (χ0v) is 24.7. The molecule has 0 unspecified atom stereocenters. The Morgan fingerprint density at radius 2 is 1.77 bits per heavy atom. The lowest BCUT2D eigenvalue weighted by Crippen LogP contribution is -2.45. The summed E-state index contributed by atoms with van der Waals surface area (Å²) in [6.07, 6.45) is -0.603. The highest BCUT2D eigenvalue weighted by atomic mass is 35.5. The predicted molar refractivity (Wildman–Crippen MR) is 157 cm³/mol.